The zero-order chi connectivity index (χ0) is 23.7. The van der Waals surface area contributed by atoms with Crippen LogP contribution in [0.25, 0.3) is 6.08 Å². The van der Waals surface area contributed by atoms with Gasteiger partial charge in [-0.3, -0.25) is 19.3 Å². The van der Waals surface area contributed by atoms with Crippen molar-refractivity contribution in [3.8, 4) is 0 Å². The van der Waals surface area contributed by atoms with Crippen LogP contribution in [0.4, 0.5) is 20.6 Å². The molecule has 0 atom stereocenters. The minimum atomic E-state index is -0.552. The van der Waals surface area contributed by atoms with Crippen LogP contribution in [0.15, 0.2) is 35.2 Å². The van der Waals surface area contributed by atoms with Gasteiger partial charge in [-0.2, -0.15) is 0 Å². The maximum atomic E-state index is 14.8. The molecule has 0 unspecified atom stereocenters. The van der Waals surface area contributed by atoms with Crippen molar-refractivity contribution in [3.63, 3.8) is 0 Å². The number of carbonyl (C=O) groups is 3. The molecule has 2 saturated heterocycles. The lowest BCUT2D eigenvalue weighted by atomic mass is 10.1. The van der Waals surface area contributed by atoms with E-state index >= 15 is 0 Å². The Morgan fingerprint density at radius 2 is 1.82 bits per heavy atom. The number of hydrogen-bond acceptors (Lipinski definition) is 5. The molecular weight excluding hydrogens is 441 g/mol. The molecule has 33 heavy (non-hydrogen) atoms. The molecule has 2 aliphatic heterocycles. The third kappa shape index (κ3) is 4.95. The molecule has 2 fully saturated rings. The summed E-state index contributed by atoms with van der Waals surface area (Å²) < 4.78 is 14.8. The predicted octanol–water partition coefficient (Wildman–Crippen LogP) is 5.03. The summed E-state index contributed by atoms with van der Waals surface area (Å²) in [6, 6.07) is 8.80. The summed E-state index contributed by atoms with van der Waals surface area (Å²) in [5.41, 5.74) is 4.53. The Labute approximate surface area is 196 Å². The molecule has 0 spiro atoms. The lowest BCUT2D eigenvalue weighted by molar-refractivity contribution is -0.127. The Balaban J connectivity index is 1.48. The minimum absolute atomic E-state index is 0.177. The number of nitrogens with zero attached hydrogens (tertiary/aromatic N) is 2. The lowest BCUT2D eigenvalue weighted by Crippen LogP contribution is -2.36. The van der Waals surface area contributed by atoms with E-state index in [-0.39, 0.29) is 17.3 Å². The summed E-state index contributed by atoms with van der Waals surface area (Å²) in [6.45, 7) is 6.97. The smallest absolute Gasteiger partial charge is 0.294 e. The molecule has 2 aromatic rings. The van der Waals surface area contributed by atoms with Gasteiger partial charge in [-0.25, -0.2) is 4.39 Å². The second-order valence-electron chi connectivity index (χ2n) is 8.49. The van der Waals surface area contributed by atoms with Crippen LogP contribution in [-0.2, 0) is 9.59 Å². The summed E-state index contributed by atoms with van der Waals surface area (Å²) in [5.74, 6) is -1.35. The first-order valence-corrected chi connectivity index (χ1v) is 11.7. The number of anilines is 2. The van der Waals surface area contributed by atoms with Gasteiger partial charge < -0.3 is 10.2 Å². The first-order valence-electron chi connectivity index (χ1n) is 10.9. The average molecular weight is 468 g/mol. The van der Waals surface area contributed by atoms with E-state index < -0.39 is 17.1 Å². The standard InChI is InChI=1S/C25H26FN3O3S/c1-15-6-7-20(17(3)10-15)27-23(30)14-29-24(31)22(33-25(29)32)13-18-12-19(26)21(11-16(18)2)28-8-4-5-9-28/h6-7,10-13H,4-5,8-9,14H2,1-3H3,(H,27,30). The highest BCUT2D eigenvalue weighted by Crippen LogP contribution is 2.34. The Morgan fingerprint density at radius 1 is 1.09 bits per heavy atom. The van der Waals surface area contributed by atoms with Crippen LogP contribution in [0.2, 0.25) is 0 Å². The molecule has 0 aliphatic carbocycles. The number of amides is 3. The predicted molar refractivity (Wildman–Crippen MR) is 130 cm³/mol. The molecule has 2 heterocycles. The highest BCUT2D eigenvalue weighted by Gasteiger charge is 2.36. The van der Waals surface area contributed by atoms with Crippen molar-refractivity contribution in [2.24, 2.45) is 0 Å². The highest BCUT2D eigenvalue weighted by atomic mass is 32.2. The molecule has 8 heteroatoms. The zero-order valence-electron chi connectivity index (χ0n) is 18.9. The van der Waals surface area contributed by atoms with Crippen molar-refractivity contribution in [1.29, 1.82) is 0 Å². The number of benzene rings is 2. The number of carbonyl (C=O) groups excluding carboxylic acids is 3. The van der Waals surface area contributed by atoms with E-state index in [2.05, 4.69) is 5.32 Å². The van der Waals surface area contributed by atoms with Crippen molar-refractivity contribution in [1.82, 2.24) is 4.90 Å². The second kappa shape index (κ2) is 9.39. The third-order valence-corrected chi connectivity index (χ3v) is 6.81. The summed E-state index contributed by atoms with van der Waals surface area (Å²) in [6.07, 6.45) is 3.62. The van der Waals surface area contributed by atoms with Gasteiger partial charge in [0, 0.05) is 18.8 Å². The molecule has 4 rings (SSSR count). The zero-order valence-corrected chi connectivity index (χ0v) is 19.7. The van der Waals surface area contributed by atoms with Crippen LogP contribution in [0.5, 0.6) is 0 Å². The van der Waals surface area contributed by atoms with Gasteiger partial charge >= 0.3 is 0 Å². The largest absolute Gasteiger partial charge is 0.369 e. The van der Waals surface area contributed by atoms with Crippen LogP contribution in [-0.4, -0.2) is 41.6 Å². The van der Waals surface area contributed by atoms with Crippen LogP contribution in [0.3, 0.4) is 0 Å². The van der Waals surface area contributed by atoms with E-state index in [0.717, 1.165) is 59.3 Å². The highest BCUT2D eigenvalue weighted by molar-refractivity contribution is 8.18. The third-order valence-electron chi connectivity index (χ3n) is 5.90. The van der Waals surface area contributed by atoms with E-state index in [9.17, 15) is 18.8 Å². The molecule has 1 N–H and O–H groups in total. The van der Waals surface area contributed by atoms with Gasteiger partial charge in [0.05, 0.1) is 10.6 Å². The van der Waals surface area contributed by atoms with Crippen molar-refractivity contribution in [2.75, 3.05) is 29.9 Å². The maximum Gasteiger partial charge on any atom is 0.294 e. The normalized spacial score (nSPS) is 17.4. The van der Waals surface area contributed by atoms with Gasteiger partial charge in [0.25, 0.3) is 11.1 Å². The Hall–Kier alpha value is -3.13. The number of nitrogens with one attached hydrogen (secondary N) is 1. The van der Waals surface area contributed by atoms with E-state index in [0.29, 0.717) is 16.9 Å². The van der Waals surface area contributed by atoms with Crippen molar-refractivity contribution < 1.29 is 18.8 Å². The van der Waals surface area contributed by atoms with Gasteiger partial charge in [0.2, 0.25) is 5.91 Å². The van der Waals surface area contributed by atoms with Gasteiger partial charge in [-0.15, -0.1) is 0 Å². The quantitative estimate of drug-likeness (QED) is 0.625. The van der Waals surface area contributed by atoms with Crippen molar-refractivity contribution in [2.45, 2.75) is 33.6 Å². The monoisotopic (exact) mass is 467 g/mol. The molecule has 0 saturated carbocycles. The van der Waals surface area contributed by atoms with Crippen molar-refractivity contribution in [3.05, 3.63) is 63.3 Å². The van der Waals surface area contributed by atoms with Crippen LogP contribution in [0.1, 0.15) is 35.1 Å². The van der Waals surface area contributed by atoms with Gasteiger partial charge in [-0.05, 0) is 86.3 Å². The van der Waals surface area contributed by atoms with E-state index in [1.54, 1.807) is 12.1 Å². The molecule has 0 aromatic heterocycles. The number of rotatable bonds is 5. The van der Waals surface area contributed by atoms with Gasteiger partial charge in [-0.1, -0.05) is 17.7 Å². The first-order chi connectivity index (χ1) is 15.7. The SMILES string of the molecule is Cc1ccc(NC(=O)CN2C(=O)SC(=Cc3cc(F)c(N4CCCC4)cc3C)C2=O)c(C)c1. The number of hydrogen-bond donors (Lipinski definition) is 1. The Kier molecular flexibility index (Phi) is 6.56. The number of imide groups is 1. The molecule has 2 aromatic carbocycles. The number of halogens is 1. The van der Waals surface area contributed by atoms with E-state index in [4.69, 9.17) is 0 Å². The minimum Gasteiger partial charge on any atom is -0.369 e. The fourth-order valence-electron chi connectivity index (χ4n) is 4.10. The Morgan fingerprint density at radius 3 is 2.52 bits per heavy atom. The molecule has 2 aliphatic rings. The number of aryl methyl sites for hydroxylation is 3. The molecule has 0 bridgehead atoms. The van der Waals surface area contributed by atoms with Crippen LogP contribution >= 0.6 is 11.8 Å². The lowest BCUT2D eigenvalue weighted by Gasteiger charge is -2.19. The molecule has 172 valence electrons. The molecular formula is C25H26FN3O3S. The van der Waals surface area contributed by atoms with Crippen LogP contribution in [0, 0.1) is 26.6 Å². The van der Waals surface area contributed by atoms with Gasteiger partial charge in [0.1, 0.15) is 12.4 Å². The fourth-order valence-corrected chi connectivity index (χ4v) is 4.93. The number of thioether (sulfide) groups is 1. The van der Waals surface area contributed by atoms with Crippen LogP contribution < -0.4 is 10.2 Å². The van der Waals surface area contributed by atoms with E-state index in [1.807, 2.05) is 37.8 Å². The second-order valence-corrected chi connectivity index (χ2v) is 9.48. The first kappa shape index (κ1) is 23.0. The topological polar surface area (TPSA) is 69.7 Å². The molecule has 6 nitrogen and oxygen atoms in total. The summed E-state index contributed by atoms with van der Waals surface area (Å²) in [7, 11) is 0. The summed E-state index contributed by atoms with van der Waals surface area (Å²) >= 11 is 0.760. The summed E-state index contributed by atoms with van der Waals surface area (Å²) in [5, 5.41) is 2.23. The summed E-state index contributed by atoms with van der Waals surface area (Å²) in [4.78, 5) is 40.9. The molecule has 0 radical (unpaired) electrons. The van der Waals surface area contributed by atoms with E-state index in [1.165, 1.54) is 12.1 Å². The Bertz CT molecular complexity index is 1170. The maximum absolute atomic E-state index is 14.8. The average Bonchev–Trinajstić information content (AvgIpc) is 3.37. The van der Waals surface area contributed by atoms with Gasteiger partial charge in [0.15, 0.2) is 0 Å². The molecule has 3 amide bonds. The van der Waals surface area contributed by atoms with Crippen molar-refractivity contribution >= 4 is 46.3 Å². The fraction of sp³-hybridized carbons (Fsp3) is 0.320.